The van der Waals surface area contributed by atoms with E-state index in [0.29, 0.717) is 0 Å². The minimum atomic E-state index is -0.319. The van der Waals surface area contributed by atoms with Crippen LogP contribution < -0.4 is 0 Å². The molecular formula is C23H19NO4. The molecule has 28 heavy (non-hydrogen) atoms. The lowest BCUT2D eigenvalue weighted by molar-refractivity contribution is -0.121. The van der Waals surface area contributed by atoms with Gasteiger partial charge in [0, 0.05) is 24.1 Å². The first-order chi connectivity index (χ1) is 13.4. The number of nitrogens with zero attached hydrogens (tertiary/aromatic N) is 1. The molecule has 0 aliphatic heterocycles. The summed E-state index contributed by atoms with van der Waals surface area (Å²) in [6.45, 7) is 1.48. The van der Waals surface area contributed by atoms with Gasteiger partial charge in [0.05, 0.1) is 11.9 Å². The maximum Gasteiger partial charge on any atom is 0.227 e. The molecule has 0 unspecified atom stereocenters. The number of allylic oxidation sites excluding steroid dienone is 2. The van der Waals surface area contributed by atoms with Crippen molar-refractivity contribution in [2.45, 2.75) is 13.3 Å². The summed E-state index contributed by atoms with van der Waals surface area (Å²) in [5.41, 5.74) is 2.27. The summed E-state index contributed by atoms with van der Waals surface area (Å²) < 4.78 is 1.53. The fourth-order valence-electron chi connectivity index (χ4n) is 2.85. The number of fused-ring (bicyclic) bond motifs is 1. The van der Waals surface area contributed by atoms with E-state index in [1.54, 1.807) is 30.5 Å². The molecule has 0 bridgehead atoms. The number of carbonyl (C=O) groups excluding carboxylic acids is 3. The van der Waals surface area contributed by atoms with Crippen LogP contribution in [0.2, 0.25) is 0 Å². The summed E-state index contributed by atoms with van der Waals surface area (Å²) in [6, 6.07) is 13.8. The molecule has 1 heterocycles. The number of phenolic OH excluding ortho intramolecular Hbond substituents is 1. The summed E-state index contributed by atoms with van der Waals surface area (Å²) in [5.74, 6) is -0.597. The van der Waals surface area contributed by atoms with E-state index in [0.717, 1.165) is 22.0 Å². The van der Waals surface area contributed by atoms with E-state index in [-0.39, 0.29) is 29.6 Å². The van der Waals surface area contributed by atoms with Crippen LogP contribution in [0, 0.1) is 0 Å². The molecule has 0 atom stereocenters. The third kappa shape index (κ3) is 4.51. The van der Waals surface area contributed by atoms with E-state index in [1.165, 1.54) is 35.8 Å². The summed E-state index contributed by atoms with van der Waals surface area (Å²) in [4.78, 5) is 35.9. The molecule has 0 aliphatic rings. The zero-order valence-electron chi connectivity index (χ0n) is 15.3. The van der Waals surface area contributed by atoms with Crippen molar-refractivity contribution in [2.75, 3.05) is 0 Å². The van der Waals surface area contributed by atoms with Crippen LogP contribution in [0.25, 0.3) is 23.1 Å². The van der Waals surface area contributed by atoms with Crippen LogP contribution in [-0.2, 0) is 9.59 Å². The van der Waals surface area contributed by atoms with Crippen LogP contribution >= 0.6 is 0 Å². The number of phenols is 1. The number of aromatic hydroxyl groups is 1. The van der Waals surface area contributed by atoms with Crippen molar-refractivity contribution >= 4 is 40.5 Å². The number of rotatable bonds is 6. The molecule has 5 heteroatoms. The number of aromatic nitrogens is 1. The van der Waals surface area contributed by atoms with Crippen LogP contribution in [0.4, 0.5) is 0 Å². The van der Waals surface area contributed by atoms with Gasteiger partial charge in [-0.05, 0) is 42.0 Å². The van der Waals surface area contributed by atoms with Gasteiger partial charge in [-0.25, -0.2) is 0 Å². The highest BCUT2D eigenvalue weighted by molar-refractivity contribution is 6.11. The molecule has 140 valence electrons. The van der Waals surface area contributed by atoms with Crippen molar-refractivity contribution in [1.82, 2.24) is 4.57 Å². The summed E-state index contributed by atoms with van der Waals surface area (Å²) in [5, 5.41) is 10.1. The Balaban J connectivity index is 1.68. The monoisotopic (exact) mass is 373 g/mol. The maximum atomic E-state index is 12.1. The molecule has 3 rings (SSSR count). The Morgan fingerprint density at radius 1 is 0.929 bits per heavy atom. The Hall–Kier alpha value is -3.73. The predicted octanol–water partition coefficient (Wildman–Crippen LogP) is 4.26. The largest absolute Gasteiger partial charge is 0.508 e. The average molecular weight is 373 g/mol. The second-order valence-electron chi connectivity index (χ2n) is 6.36. The van der Waals surface area contributed by atoms with Crippen molar-refractivity contribution in [3.63, 3.8) is 0 Å². The molecule has 0 saturated heterocycles. The number of para-hydroxylation sites is 1. The Kier molecular flexibility index (Phi) is 5.65. The Bertz CT molecular complexity index is 1100. The minimum absolute atomic E-state index is 0.114. The van der Waals surface area contributed by atoms with E-state index < -0.39 is 0 Å². The second-order valence-corrected chi connectivity index (χ2v) is 6.36. The molecule has 0 amide bonds. The molecular weight excluding hydrogens is 354 g/mol. The molecule has 0 saturated carbocycles. The lowest BCUT2D eigenvalue weighted by Gasteiger charge is -1.96. The van der Waals surface area contributed by atoms with Crippen LogP contribution in [-0.4, -0.2) is 27.1 Å². The van der Waals surface area contributed by atoms with Gasteiger partial charge in [0.2, 0.25) is 5.91 Å². The van der Waals surface area contributed by atoms with Crippen molar-refractivity contribution in [2.24, 2.45) is 0 Å². The zero-order valence-corrected chi connectivity index (χ0v) is 15.3. The first-order valence-corrected chi connectivity index (χ1v) is 8.76. The number of hydrogen-bond acceptors (Lipinski definition) is 4. The van der Waals surface area contributed by atoms with Crippen molar-refractivity contribution in [3.05, 3.63) is 78.0 Å². The van der Waals surface area contributed by atoms with Gasteiger partial charge in [-0.3, -0.25) is 19.0 Å². The van der Waals surface area contributed by atoms with Crippen LogP contribution in [0.5, 0.6) is 5.75 Å². The van der Waals surface area contributed by atoms with Gasteiger partial charge in [-0.2, -0.15) is 0 Å². The van der Waals surface area contributed by atoms with Crippen molar-refractivity contribution in [1.29, 1.82) is 0 Å². The number of carbonyl (C=O) groups is 3. The highest BCUT2D eigenvalue weighted by Gasteiger charge is 2.09. The van der Waals surface area contributed by atoms with Gasteiger partial charge < -0.3 is 5.11 Å². The molecule has 1 aromatic heterocycles. The molecule has 2 aromatic carbocycles. The first kappa shape index (κ1) is 19.0. The zero-order chi connectivity index (χ0) is 20.1. The third-order valence-corrected chi connectivity index (χ3v) is 4.23. The van der Waals surface area contributed by atoms with Crippen LogP contribution in [0.3, 0.4) is 0 Å². The molecule has 0 aliphatic carbocycles. The first-order valence-electron chi connectivity index (χ1n) is 8.76. The van der Waals surface area contributed by atoms with Crippen LogP contribution in [0.1, 0.15) is 29.3 Å². The van der Waals surface area contributed by atoms with E-state index >= 15 is 0 Å². The van der Waals surface area contributed by atoms with E-state index in [1.807, 2.05) is 24.3 Å². The van der Waals surface area contributed by atoms with E-state index in [4.69, 9.17) is 0 Å². The van der Waals surface area contributed by atoms with E-state index in [2.05, 4.69) is 0 Å². The van der Waals surface area contributed by atoms with Crippen molar-refractivity contribution < 1.29 is 19.5 Å². The highest BCUT2D eigenvalue weighted by Crippen LogP contribution is 2.22. The maximum absolute atomic E-state index is 12.1. The molecule has 5 nitrogen and oxygen atoms in total. The quantitative estimate of drug-likeness (QED) is 0.517. The minimum Gasteiger partial charge on any atom is -0.508 e. The normalized spacial score (nSPS) is 11.5. The van der Waals surface area contributed by atoms with Crippen LogP contribution in [0.15, 0.2) is 66.9 Å². The van der Waals surface area contributed by atoms with Gasteiger partial charge in [0.15, 0.2) is 11.6 Å². The van der Waals surface area contributed by atoms with Gasteiger partial charge in [0.1, 0.15) is 5.75 Å². The lowest BCUT2D eigenvalue weighted by Crippen LogP contribution is -2.02. The lowest BCUT2D eigenvalue weighted by atomic mass is 10.1. The highest BCUT2D eigenvalue weighted by atomic mass is 16.3. The summed E-state index contributed by atoms with van der Waals surface area (Å²) >= 11 is 0. The molecule has 0 fully saturated rings. The smallest absolute Gasteiger partial charge is 0.227 e. The van der Waals surface area contributed by atoms with E-state index in [9.17, 15) is 19.5 Å². The Labute approximate surface area is 162 Å². The Morgan fingerprint density at radius 2 is 1.57 bits per heavy atom. The second kappa shape index (κ2) is 8.31. The molecule has 3 aromatic rings. The topological polar surface area (TPSA) is 76.4 Å². The van der Waals surface area contributed by atoms with Gasteiger partial charge in [0.25, 0.3) is 0 Å². The van der Waals surface area contributed by atoms with Crippen molar-refractivity contribution in [3.8, 4) is 5.75 Å². The fraction of sp³-hybridized carbons (Fsp3) is 0.0870. The molecule has 1 N–H and O–H groups in total. The molecule has 0 spiro atoms. The SMILES string of the molecule is CC(=O)n1cc(/C=C/C(=O)CC(=O)/C=C/c2ccc(O)cc2)c2ccccc21. The third-order valence-electron chi connectivity index (χ3n) is 4.23. The summed E-state index contributed by atoms with van der Waals surface area (Å²) in [7, 11) is 0. The van der Waals surface area contributed by atoms with Gasteiger partial charge >= 0.3 is 0 Å². The summed E-state index contributed by atoms with van der Waals surface area (Å²) in [6.07, 6.45) is 7.37. The number of hydrogen-bond donors (Lipinski definition) is 1. The van der Waals surface area contributed by atoms with Gasteiger partial charge in [-0.1, -0.05) is 36.4 Å². The average Bonchev–Trinajstić information content (AvgIpc) is 3.05. The standard InChI is InChI=1S/C23H19NO4/c1-16(25)24-15-18(22-4-2-3-5-23(22)24)9-13-21(28)14-20(27)12-8-17-6-10-19(26)11-7-17/h2-13,15,26H,14H2,1H3/b12-8+,13-9+. The number of benzene rings is 2. The fourth-order valence-corrected chi connectivity index (χ4v) is 2.85. The Morgan fingerprint density at radius 3 is 2.25 bits per heavy atom. The predicted molar refractivity (Wildman–Crippen MR) is 109 cm³/mol. The molecule has 0 radical (unpaired) electrons. The van der Waals surface area contributed by atoms with Gasteiger partial charge in [-0.15, -0.1) is 0 Å². The number of ketones is 2.